The van der Waals surface area contributed by atoms with Crippen molar-refractivity contribution in [3.8, 4) is 0 Å². The van der Waals surface area contributed by atoms with Crippen LogP contribution in [0.4, 0.5) is 0 Å². The maximum absolute atomic E-state index is 10.2. The molecule has 0 fully saturated rings. The van der Waals surface area contributed by atoms with Gasteiger partial charge >= 0.3 is 46.6 Å². The second-order valence-electron chi connectivity index (χ2n) is 14.7. The van der Waals surface area contributed by atoms with E-state index in [1.807, 2.05) is 0 Å². The van der Waals surface area contributed by atoms with Crippen molar-refractivity contribution in [3.63, 3.8) is 0 Å². The molecule has 0 aliphatic carbocycles. The number of unbranched alkanes of at least 4 members (excludes halogenated alkanes) is 28. The summed E-state index contributed by atoms with van der Waals surface area (Å²) < 4.78 is 0. The van der Waals surface area contributed by atoms with Crippen LogP contribution < -0.4 is 44.9 Å². The summed E-state index contributed by atoms with van der Waals surface area (Å²) in [6, 6.07) is 0. The minimum atomic E-state index is -1.09. The van der Waals surface area contributed by atoms with Crippen LogP contribution in [-0.2, 0) is 31.5 Å². The Labute approximate surface area is 373 Å². The van der Waals surface area contributed by atoms with Crippen LogP contribution in [0.3, 0.4) is 0 Å². The molecule has 55 heavy (non-hydrogen) atoms. The first-order chi connectivity index (χ1) is 25.8. The van der Waals surface area contributed by atoms with Crippen molar-refractivity contribution in [1.82, 2.24) is 0 Å². The second kappa shape index (κ2) is 59.8. The molecule has 6 nitrogen and oxygen atoms in total. The summed E-state index contributed by atoms with van der Waals surface area (Å²) in [6.07, 6.45) is 52.9. The molecule has 0 rings (SSSR count). The Morgan fingerprint density at radius 1 is 0.345 bits per heavy atom. The van der Waals surface area contributed by atoms with E-state index in [1.54, 1.807) is 6.08 Å². The Morgan fingerprint density at radius 3 is 0.800 bits per heavy atom. The Hall–Kier alpha value is -0.851. The van der Waals surface area contributed by atoms with Crippen LogP contribution in [0.15, 0.2) is 36.5 Å². The molecule has 321 valence electrons. The van der Waals surface area contributed by atoms with Crippen molar-refractivity contribution in [2.24, 2.45) is 0 Å². The fourth-order valence-electron chi connectivity index (χ4n) is 5.90. The molecule has 0 bridgehead atoms. The summed E-state index contributed by atoms with van der Waals surface area (Å²) >= 11 is 0. The topological polar surface area (TPSA) is 120 Å². The molecule has 0 saturated heterocycles. The number of allylic oxidation sites excluding steroid dienone is 5. The van der Waals surface area contributed by atoms with Crippen molar-refractivity contribution >= 4 is 17.9 Å². The van der Waals surface area contributed by atoms with E-state index in [4.69, 9.17) is 0 Å². The Morgan fingerprint density at radius 2 is 0.564 bits per heavy atom. The Balaban J connectivity index is -0.000000229. The third-order valence-electron chi connectivity index (χ3n) is 9.26. The molecule has 0 aromatic rings. The number of aliphatic carboxylic acids is 3. The number of carboxylic acid groups (broad SMARTS) is 3. The zero-order valence-electron chi connectivity index (χ0n) is 36.5. The third kappa shape index (κ3) is 74.7. The summed E-state index contributed by atoms with van der Waals surface area (Å²) in [6.45, 7) is 6.71. The predicted molar refractivity (Wildman–Crippen MR) is 221 cm³/mol. The van der Waals surface area contributed by atoms with Gasteiger partial charge in [0, 0.05) is 11.9 Å². The molecule has 0 spiro atoms. The molecular weight excluding hydrogens is 747 g/mol. The third-order valence-corrected chi connectivity index (χ3v) is 9.26. The predicted octanol–water partition coefficient (Wildman–Crippen LogP) is 8.59. The summed E-state index contributed by atoms with van der Waals surface area (Å²) in [5.41, 5.74) is 0. The van der Waals surface area contributed by atoms with E-state index in [9.17, 15) is 29.7 Å². The van der Waals surface area contributed by atoms with E-state index >= 15 is 0 Å². The fourth-order valence-corrected chi connectivity index (χ4v) is 5.90. The molecule has 0 aromatic carbocycles. The van der Waals surface area contributed by atoms with Gasteiger partial charge in [0.15, 0.2) is 0 Å². The van der Waals surface area contributed by atoms with Crippen LogP contribution in [0.2, 0.25) is 0 Å². The molecule has 0 aliphatic rings. The van der Waals surface area contributed by atoms with Crippen molar-refractivity contribution in [2.45, 2.75) is 245 Å². The zero-order valence-corrected chi connectivity index (χ0v) is 39.4. The van der Waals surface area contributed by atoms with E-state index < -0.39 is 17.9 Å². The van der Waals surface area contributed by atoms with E-state index in [0.717, 1.165) is 57.4 Å². The SMILES string of the molecule is CCCCCCCC/C=C\CCCCCCCC(=O)[O-].CCCCCCCC/C=C\CCCCCCCC(=O)[O-].CCCCCCCCC=CC(=O)[O-].[Cu+2].[Na+]. The fraction of sp³-hybridized carbons (Fsp3) is 0.809. The van der Waals surface area contributed by atoms with Crippen LogP contribution >= 0.6 is 0 Å². The molecular formula is C47H85CuNaO6. The quantitative estimate of drug-likeness (QED) is 0.0266. The number of hydrogen-bond acceptors (Lipinski definition) is 6. The van der Waals surface area contributed by atoms with Gasteiger partial charge in [0.25, 0.3) is 0 Å². The number of hydrogen-bond donors (Lipinski definition) is 0. The molecule has 1 radical (unpaired) electrons. The average molecular weight is 833 g/mol. The van der Waals surface area contributed by atoms with Gasteiger partial charge in [-0.1, -0.05) is 186 Å². The van der Waals surface area contributed by atoms with Gasteiger partial charge in [0.05, 0.1) is 5.97 Å². The van der Waals surface area contributed by atoms with Crippen LogP contribution in [0.25, 0.3) is 0 Å². The van der Waals surface area contributed by atoms with Gasteiger partial charge < -0.3 is 29.7 Å². The van der Waals surface area contributed by atoms with Crippen molar-refractivity contribution in [3.05, 3.63) is 36.5 Å². The van der Waals surface area contributed by atoms with Crippen molar-refractivity contribution in [1.29, 1.82) is 0 Å². The number of carbonyl (C=O) groups excluding carboxylic acids is 3. The molecule has 0 unspecified atom stereocenters. The maximum atomic E-state index is 10.2. The first-order valence-corrected chi connectivity index (χ1v) is 22.4. The largest absolute Gasteiger partial charge is 2.00 e. The molecule has 0 atom stereocenters. The monoisotopic (exact) mass is 832 g/mol. The number of carbonyl (C=O) groups is 3. The number of carboxylic acids is 3. The van der Waals surface area contributed by atoms with Crippen LogP contribution in [-0.4, -0.2) is 17.9 Å². The van der Waals surface area contributed by atoms with Gasteiger partial charge in [-0.05, 0) is 96.0 Å². The van der Waals surface area contributed by atoms with Crippen LogP contribution in [0.5, 0.6) is 0 Å². The maximum Gasteiger partial charge on any atom is 2.00 e. The molecule has 0 aromatic heterocycles. The smallest absolute Gasteiger partial charge is 0.550 e. The zero-order chi connectivity index (χ0) is 39.7. The summed E-state index contributed by atoms with van der Waals surface area (Å²) in [7, 11) is 0. The van der Waals surface area contributed by atoms with Crippen molar-refractivity contribution < 1.29 is 76.3 Å². The molecule has 0 saturated carbocycles. The Kier molecular flexibility index (Phi) is 68.9. The first-order valence-electron chi connectivity index (χ1n) is 22.4. The molecule has 0 heterocycles. The normalized spacial score (nSPS) is 10.7. The van der Waals surface area contributed by atoms with E-state index in [2.05, 4.69) is 45.1 Å². The molecule has 8 heteroatoms. The van der Waals surface area contributed by atoms with Crippen LogP contribution in [0, 0.1) is 0 Å². The van der Waals surface area contributed by atoms with Gasteiger partial charge in [-0.2, -0.15) is 0 Å². The minimum Gasteiger partial charge on any atom is -0.550 e. The van der Waals surface area contributed by atoms with E-state index in [0.29, 0.717) is 0 Å². The van der Waals surface area contributed by atoms with Gasteiger partial charge in [0.2, 0.25) is 0 Å². The van der Waals surface area contributed by atoms with Gasteiger partial charge in [-0.3, -0.25) is 0 Å². The Bertz CT molecular complexity index is 795. The standard InChI is InChI=1S/2C18H34O2.C11H20O2.Cu.Na/c2*1-2-3-4-5-6-7-8-9-10-11-12-13-14-15-16-17-18(19)20;1-2-3-4-5-6-7-8-9-10-11(12)13;;/h2*9-10H,2-8,11-17H2,1H3,(H,19,20);9-10H,2-8H2,1H3,(H,12,13);;/q;;;+2;+1/p-3/b2*10-9-;;;. The first kappa shape index (κ1) is 63.3. The number of rotatable bonds is 38. The molecule has 0 aliphatic heterocycles. The summed E-state index contributed by atoms with van der Waals surface area (Å²) in [4.78, 5) is 30.4. The molecule has 0 amide bonds. The average Bonchev–Trinajstić information content (AvgIpc) is 3.13. The van der Waals surface area contributed by atoms with E-state index in [-0.39, 0.29) is 59.5 Å². The van der Waals surface area contributed by atoms with Gasteiger partial charge in [0.1, 0.15) is 0 Å². The van der Waals surface area contributed by atoms with Gasteiger partial charge in [-0.25, -0.2) is 0 Å². The van der Waals surface area contributed by atoms with Crippen LogP contribution in [0.1, 0.15) is 245 Å². The minimum absolute atomic E-state index is 0. The van der Waals surface area contributed by atoms with Gasteiger partial charge in [-0.15, -0.1) is 0 Å². The molecule has 0 N–H and O–H groups in total. The van der Waals surface area contributed by atoms with Crippen molar-refractivity contribution in [2.75, 3.05) is 0 Å². The van der Waals surface area contributed by atoms with E-state index in [1.165, 1.54) is 161 Å². The summed E-state index contributed by atoms with van der Waals surface area (Å²) in [5.74, 6) is -2.92. The second-order valence-corrected chi connectivity index (χ2v) is 14.7. The summed E-state index contributed by atoms with van der Waals surface area (Å²) in [5, 5.41) is 30.4.